The molecule has 10 heteroatoms. The molecule has 0 saturated carbocycles. The molecular formula is C23H26ClN5O3S. The van der Waals surface area contributed by atoms with E-state index in [9.17, 15) is 9.59 Å². The molecule has 0 unspecified atom stereocenters. The van der Waals surface area contributed by atoms with Gasteiger partial charge in [-0.05, 0) is 56.7 Å². The fraction of sp³-hybridized carbons (Fsp3) is 0.304. The van der Waals surface area contributed by atoms with Crippen LogP contribution in [0.1, 0.15) is 35.6 Å². The van der Waals surface area contributed by atoms with Gasteiger partial charge in [-0.2, -0.15) is 0 Å². The SMILES string of the molecule is CCOC(=O)c1cccc(NC(=O)CSc2nnc(CNc3ccc(C)c(Cl)c3)n2CC)c1. The van der Waals surface area contributed by atoms with Crippen LogP contribution in [0.2, 0.25) is 5.02 Å². The first kappa shape index (κ1) is 24.6. The van der Waals surface area contributed by atoms with E-state index in [0.717, 1.165) is 17.1 Å². The number of rotatable bonds is 10. The van der Waals surface area contributed by atoms with Crippen molar-refractivity contribution in [2.75, 3.05) is 23.0 Å². The number of benzene rings is 2. The molecule has 0 spiro atoms. The fourth-order valence-electron chi connectivity index (χ4n) is 3.02. The number of esters is 1. The molecule has 3 aromatic rings. The van der Waals surface area contributed by atoms with E-state index in [2.05, 4.69) is 20.8 Å². The lowest BCUT2D eigenvalue weighted by molar-refractivity contribution is -0.113. The Hall–Kier alpha value is -3.04. The Morgan fingerprint density at radius 2 is 1.94 bits per heavy atom. The summed E-state index contributed by atoms with van der Waals surface area (Å²) in [6.45, 7) is 7.14. The molecule has 0 bridgehead atoms. The van der Waals surface area contributed by atoms with Gasteiger partial charge in [0.1, 0.15) is 0 Å². The summed E-state index contributed by atoms with van der Waals surface area (Å²) >= 11 is 7.49. The molecule has 1 heterocycles. The van der Waals surface area contributed by atoms with Crippen LogP contribution in [-0.4, -0.2) is 39.0 Å². The highest BCUT2D eigenvalue weighted by molar-refractivity contribution is 7.99. The summed E-state index contributed by atoms with van der Waals surface area (Å²) in [5.74, 6) is 0.288. The Labute approximate surface area is 202 Å². The van der Waals surface area contributed by atoms with E-state index < -0.39 is 5.97 Å². The third-order valence-electron chi connectivity index (χ3n) is 4.72. The van der Waals surface area contributed by atoms with E-state index in [1.54, 1.807) is 31.2 Å². The first-order chi connectivity index (χ1) is 15.9. The second-order valence-corrected chi connectivity index (χ2v) is 8.45. The number of carbonyl (C=O) groups excluding carboxylic acids is 2. The summed E-state index contributed by atoms with van der Waals surface area (Å²) in [6.07, 6.45) is 0. The molecule has 3 rings (SSSR count). The molecule has 0 aliphatic carbocycles. The van der Waals surface area contributed by atoms with Crippen LogP contribution in [0.25, 0.3) is 0 Å². The molecule has 0 fully saturated rings. The largest absolute Gasteiger partial charge is 0.462 e. The minimum atomic E-state index is -0.423. The van der Waals surface area contributed by atoms with Gasteiger partial charge in [0.05, 0.1) is 24.5 Å². The lowest BCUT2D eigenvalue weighted by Crippen LogP contribution is -2.15. The number of nitrogens with one attached hydrogen (secondary N) is 2. The summed E-state index contributed by atoms with van der Waals surface area (Å²) in [5.41, 5.74) is 2.84. The lowest BCUT2D eigenvalue weighted by atomic mass is 10.2. The second kappa shape index (κ2) is 11.7. The molecular weight excluding hydrogens is 462 g/mol. The monoisotopic (exact) mass is 487 g/mol. The number of hydrogen-bond donors (Lipinski definition) is 2. The summed E-state index contributed by atoms with van der Waals surface area (Å²) in [6, 6.07) is 12.5. The maximum atomic E-state index is 12.4. The Bertz CT molecular complexity index is 1140. The van der Waals surface area contributed by atoms with Crippen LogP contribution in [0.4, 0.5) is 11.4 Å². The van der Waals surface area contributed by atoms with E-state index in [1.165, 1.54) is 11.8 Å². The molecule has 1 aromatic heterocycles. The van der Waals surface area contributed by atoms with Gasteiger partial charge in [-0.3, -0.25) is 4.79 Å². The minimum absolute atomic E-state index is 0.156. The number of nitrogens with zero attached hydrogens (tertiary/aromatic N) is 3. The van der Waals surface area contributed by atoms with Crippen molar-refractivity contribution in [3.63, 3.8) is 0 Å². The Morgan fingerprint density at radius 1 is 1.12 bits per heavy atom. The van der Waals surface area contributed by atoms with Gasteiger partial charge in [0.2, 0.25) is 5.91 Å². The van der Waals surface area contributed by atoms with Crippen molar-refractivity contribution < 1.29 is 14.3 Å². The number of anilines is 2. The molecule has 1 amide bonds. The number of carbonyl (C=O) groups is 2. The average molecular weight is 488 g/mol. The molecule has 2 aromatic carbocycles. The molecule has 0 saturated heterocycles. The smallest absolute Gasteiger partial charge is 0.338 e. The summed E-state index contributed by atoms with van der Waals surface area (Å²) < 4.78 is 6.96. The number of aromatic nitrogens is 3. The van der Waals surface area contributed by atoms with Gasteiger partial charge in [0, 0.05) is 22.9 Å². The van der Waals surface area contributed by atoms with Crippen LogP contribution in [0.5, 0.6) is 0 Å². The normalized spacial score (nSPS) is 10.7. The molecule has 174 valence electrons. The predicted molar refractivity (Wildman–Crippen MR) is 131 cm³/mol. The minimum Gasteiger partial charge on any atom is -0.462 e. The van der Waals surface area contributed by atoms with Gasteiger partial charge in [-0.1, -0.05) is 35.5 Å². The first-order valence-corrected chi connectivity index (χ1v) is 11.9. The quantitative estimate of drug-likeness (QED) is 0.313. The molecule has 8 nitrogen and oxygen atoms in total. The van der Waals surface area contributed by atoms with Gasteiger partial charge in [-0.25, -0.2) is 4.79 Å². The third kappa shape index (κ3) is 6.72. The van der Waals surface area contributed by atoms with E-state index in [0.29, 0.717) is 41.1 Å². The maximum absolute atomic E-state index is 12.4. The zero-order chi connectivity index (χ0) is 23.8. The number of aryl methyl sites for hydroxylation is 1. The van der Waals surface area contributed by atoms with Crippen molar-refractivity contribution in [1.82, 2.24) is 14.8 Å². The van der Waals surface area contributed by atoms with Crippen molar-refractivity contribution in [3.8, 4) is 0 Å². The highest BCUT2D eigenvalue weighted by atomic mass is 35.5. The van der Waals surface area contributed by atoms with Gasteiger partial charge in [-0.15, -0.1) is 10.2 Å². The standard InChI is InChI=1S/C23H26ClN5O3S/c1-4-29-20(13-25-17-10-9-15(3)19(24)12-17)27-28-23(29)33-14-21(30)26-18-8-6-7-16(11-18)22(31)32-5-2/h6-12,25H,4-5,13-14H2,1-3H3,(H,26,30). The van der Waals surface area contributed by atoms with Crippen LogP contribution in [0, 0.1) is 6.92 Å². The van der Waals surface area contributed by atoms with Crippen LogP contribution in [0.15, 0.2) is 47.6 Å². The van der Waals surface area contributed by atoms with Crippen molar-refractivity contribution in [3.05, 3.63) is 64.4 Å². The molecule has 0 aliphatic heterocycles. The second-order valence-electron chi connectivity index (χ2n) is 7.10. The molecule has 0 aliphatic rings. The first-order valence-electron chi connectivity index (χ1n) is 10.5. The average Bonchev–Trinajstić information content (AvgIpc) is 3.20. The fourth-order valence-corrected chi connectivity index (χ4v) is 4.03. The van der Waals surface area contributed by atoms with Gasteiger partial charge >= 0.3 is 5.97 Å². The van der Waals surface area contributed by atoms with E-state index in [1.807, 2.05) is 36.6 Å². The third-order valence-corrected chi connectivity index (χ3v) is 6.10. The number of hydrogen-bond acceptors (Lipinski definition) is 7. The maximum Gasteiger partial charge on any atom is 0.338 e. The predicted octanol–water partition coefficient (Wildman–Crippen LogP) is 4.78. The van der Waals surface area contributed by atoms with E-state index >= 15 is 0 Å². The Balaban J connectivity index is 1.57. The Kier molecular flexibility index (Phi) is 8.73. The lowest BCUT2D eigenvalue weighted by Gasteiger charge is -2.10. The number of halogens is 1. The Morgan fingerprint density at radius 3 is 2.67 bits per heavy atom. The van der Waals surface area contributed by atoms with E-state index in [4.69, 9.17) is 16.3 Å². The summed E-state index contributed by atoms with van der Waals surface area (Å²) in [4.78, 5) is 24.3. The van der Waals surface area contributed by atoms with Crippen molar-refractivity contribution in [1.29, 1.82) is 0 Å². The number of ether oxygens (including phenoxy) is 1. The molecule has 33 heavy (non-hydrogen) atoms. The van der Waals surface area contributed by atoms with Gasteiger partial charge in [0.25, 0.3) is 0 Å². The molecule has 0 radical (unpaired) electrons. The van der Waals surface area contributed by atoms with Crippen LogP contribution in [-0.2, 0) is 22.6 Å². The van der Waals surface area contributed by atoms with Crippen LogP contribution in [0.3, 0.4) is 0 Å². The molecule has 2 N–H and O–H groups in total. The van der Waals surface area contributed by atoms with Crippen molar-refractivity contribution >= 4 is 46.6 Å². The summed E-state index contributed by atoms with van der Waals surface area (Å²) in [7, 11) is 0. The zero-order valence-electron chi connectivity index (χ0n) is 18.7. The number of amides is 1. The topological polar surface area (TPSA) is 98.1 Å². The van der Waals surface area contributed by atoms with Gasteiger partial charge in [0.15, 0.2) is 11.0 Å². The van der Waals surface area contributed by atoms with Crippen molar-refractivity contribution in [2.45, 2.75) is 39.0 Å². The van der Waals surface area contributed by atoms with Crippen molar-refractivity contribution in [2.24, 2.45) is 0 Å². The zero-order valence-corrected chi connectivity index (χ0v) is 20.3. The van der Waals surface area contributed by atoms with Crippen LogP contribution < -0.4 is 10.6 Å². The summed E-state index contributed by atoms with van der Waals surface area (Å²) in [5, 5.41) is 16.0. The number of thioether (sulfide) groups is 1. The van der Waals surface area contributed by atoms with Gasteiger partial charge < -0.3 is 19.9 Å². The highest BCUT2D eigenvalue weighted by Crippen LogP contribution is 2.22. The highest BCUT2D eigenvalue weighted by Gasteiger charge is 2.14. The molecule has 0 atom stereocenters. The van der Waals surface area contributed by atoms with Crippen LogP contribution >= 0.6 is 23.4 Å². The van der Waals surface area contributed by atoms with E-state index in [-0.39, 0.29) is 11.7 Å².